The highest BCUT2D eigenvalue weighted by Gasteiger charge is 2.27. The first-order valence-corrected chi connectivity index (χ1v) is 12.8. The Bertz CT molecular complexity index is 1100. The van der Waals surface area contributed by atoms with E-state index >= 15 is 0 Å². The van der Waals surface area contributed by atoms with Gasteiger partial charge in [0.2, 0.25) is 10.0 Å². The zero-order valence-corrected chi connectivity index (χ0v) is 19.4. The Balaban J connectivity index is 1.20. The molecule has 1 heterocycles. The standard InChI is InChI=1S/C26H30N2O4S/c29-25(20-32-26-13-11-24(12-14-26)23-9-5-2-6-10-23)19-27-15-17-28(18-16-27)33(30,31)21-22-7-3-1-4-8-22/h1-14,25,29H,15-21H2/t25-/m1/s1. The summed E-state index contributed by atoms with van der Waals surface area (Å²) in [4.78, 5) is 2.08. The quantitative estimate of drug-likeness (QED) is 0.524. The van der Waals surface area contributed by atoms with Gasteiger partial charge in [-0.2, -0.15) is 4.31 Å². The van der Waals surface area contributed by atoms with E-state index in [1.54, 1.807) is 4.31 Å². The van der Waals surface area contributed by atoms with Crippen LogP contribution < -0.4 is 4.74 Å². The van der Waals surface area contributed by atoms with Crippen LogP contribution in [0.3, 0.4) is 0 Å². The number of hydrogen-bond acceptors (Lipinski definition) is 5. The van der Waals surface area contributed by atoms with Crippen LogP contribution in [0.2, 0.25) is 0 Å². The third-order valence-corrected chi connectivity index (χ3v) is 7.64. The van der Waals surface area contributed by atoms with E-state index in [0.29, 0.717) is 38.5 Å². The minimum absolute atomic E-state index is 0.0212. The van der Waals surface area contributed by atoms with E-state index in [2.05, 4.69) is 17.0 Å². The predicted octanol–water partition coefficient (Wildman–Crippen LogP) is 3.24. The van der Waals surface area contributed by atoms with Crippen LogP contribution in [0.5, 0.6) is 5.75 Å². The van der Waals surface area contributed by atoms with Crippen LogP contribution in [-0.4, -0.2) is 68.2 Å². The fraction of sp³-hybridized carbons (Fsp3) is 0.308. The van der Waals surface area contributed by atoms with Crippen molar-refractivity contribution in [2.24, 2.45) is 0 Å². The third-order valence-electron chi connectivity index (χ3n) is 5.79. The zero-order chi connectivity index (χ0) is 23.1. The molecule has 6 nitrogen and oxygen atoms in total. The van der Waals surface area contributed by atoms with Crippen molar-refractivity contribution < 1.29 is 18.3 Å². The number of ether oxygens (including phenoxy) is 1. The lowest BCUT2D eigenvalue weighted by Gasteiger charge is -2.34. The van der Waals surface area contributed by atoms with Gasteiger partial charge in [-0.25, -0.2) is 8.42 Å². The first-order chi connectivity index (χ1) is 16.0. The second-order valence-corrected chi connectivity index (χ2v) is 10.3. The van der Waals surface area contributed by atoms with Crippen LogP contribution in [0, 0.1) is 0 Å². The van der Waals surface area contributed by atoms with Crippen molar-refractivity contribution in [3.8, 4) is 16.9 Å². The molecule has 1 aliphatic rings. The minimum atomic E-state index is -3.34. The Labute approximate surface area is 196 Å². The van der Waals surface area contributed by atoms with Gasteiger partial charge in [0.1, 0.15) is 18.5 Å². The smallest absolute Gasteiger partial charge is 0.218 e. The van der Waals surface area contributed by atoms with E-state index in [1.807, 2.05) is 72.8 Å². The number of aliphatic hydroxyl groups excluding tert-OH is 1. The van der Waals surface area contributed by atoms with Crippen molar-refractivity contribution in [1.82, 2.24) is 9.21 Å². The van der Waals surface area contributed by atoms with Gasteiger partial charge < -0.3 is 9.84 Å². The van der Waals surface area contributed by atoms with Gasteiger partial charge in [-0.15, -0.1) is 0 Å². The van der Waals surface area contributed by atoms with Crippen LogP contribution in [0.15, 0.2) is 84.9 Å². The van der Waals surface area contributed by atoms with Gasteiger partial charge in [-0.3, -0.25) is 4.90 Å². The highest BCUT2D eigenvalue weighted by atomic mass is 32.2. The van der Waals surface area contributed by atoms with Gasteiger partial charge in [-0.1, -0.05) is 72.8 Å². The molecule has 0 unspecified atom stereocenters. The maximum absolute atomic E-state index is 12.7. The summed E-state index contributed by atoms with van der Waals surface area (Å²) in [6.07, 6.45) is -0.647. The summed E-state index contributed by atoms with van der Waals surface area (Å²) in [6.45, 7) is 2.70. The number of piperazine rings is 1. The Kier molecular flexibility index (Phi) is 7.77. The molecule has 0 spiro atoms. The van der Waals surface area contributed by atoms with Crippen LogP contribution in [-0.2, 0) is 15.8 Å². The Morgan fingerprint density at radius 2 is 1.36 bits per heavy atom. The highest BCUT2D eigenvalue weighted by Crippen LogP contribution is 2.22. The Morgan fingerprint density at radius 3 is 2.00 bits per heavy atom. The summed E-state index contributed by atoms with van der Waals surface area (Å²) in [5.41, 5.74) is 3.06. The van der Waals surface area contributed by atoms with Gasteiger partial charge in [0, 0.05) is 32.7 Å². The topological polar surface area (TPSA) is 70.1 Å². The molecule has 1 fully saturated rings. The average molecular weight is 467 g/mol. The summed E-state index contributed by atoms with van der Waals surface area (Å²) in [5, 5.41) is 10.4. The van der Waals surface area contributed by atoms with Crippen molar-refractivity contribution in [1.29, 1.82) is 0 Å². The summed E-state index contributed by atoms with van der Waals surface area (Å²) in [7, 11) is -3.34. The first kappa shape index (κ1) is 23.4. The summed E-state index contributed by atoms with van der Waals surface area (Å²) >= 11 is 0. The Hall–Kier alpha value is -2.71. The largest absolute Gasteiger partial charge is 0.491 e. The van der Waals surface area contributed by atoms with Gasteiger partial charge in [-0.05, 0) is 28.8 Å². The summed E-state index contributed by atoms with van der Waals surface area (Å²) in [6, 6.07) is 27.2. The van der Waals surface area contributed by atoms with Crippen molar-refractivity contribution >= 4 is 10.0 Å². The van der Waals surface area contributed by atoms with Crippen molar-refractivity contribution in [3.05, 3.63) is 90.5 Å². The number of β-amino-alcohol motifs (C(OH)–C–C–N with tert-alkyl or cyclic N) is 1. The fourth-order valence-electron chi connectivity index (χ4n) is 3.98. The monoisotopic (exact) mass is 466 g/mol. The van der Waals surface area contributed by atoms with E-state index in [1.165, 1.54) is 0 Å². The fourth-order valence-corrected chi connectivity index (χ4v) is 5.50. The van der Waals surface area contributed by atoms with E-state index in [9.17, 15) is 13.5 Å². The number of hydrogen-bond donors (Lipinski definition) is 1. The SMILES string of the molecule is O=S(=O)(Cc1ccccc1)N1CCN(C[C@@H](O)COc2ccc(-c3ccccc3)cc2)CC1. The molecule has 4 rings (SSSR count). The lowest BCUT2D eigenvalue weighted by Crippen LogP contribution is -2.51. The number of sulfonamides is 1. The average Bonchev–Trinajstić information content (AvgIpc) is 2.84. The molecule has 0 saturated carbocycles. The molecule has 3 aromatic rings. The number of benzene rings is 3. The van der Waals surface area contributed by atoms with Gasteiger partial charge >= 0.3 is 0 Å². The molecule has 7 heteroatoms. The van der Waals surface area contributed by atoms with E-state index in [-0.39, 0.29) is 12.4 Å². The molecule has 1 N–H and O–H groups in total. The molecule has 0 aliphatic carbocycles. The second-order valence-electron chi connectivity index (χ2n) is 8.30. The molecule has 0 radical (unpaired) electrons. The van der Waals surface area contributed by atoms with E-state index in [4.69, 9.17) is 4.74 Å². The summed E-state index contributed by atoms with van der Waals surface area (Å²) in [5.74, 6) is 0.735. The molecule has 0 bridgehead atoms. The molecule has 1 atom stereocenters. The summed E-state index contributed by atoms with van der Waals surface area (Å²) < 4.78 is 32.7. The van der Waals surface area contributed by atoms with Crippen LogP contribution >= 0.6 is 0 Å². The lowest BCUT2D eigenvalue weighted by atomic mass is 10.1. The van der Waals surface area contributed by atoms with E-state index < -0.39 is 16.1 Å². The lowest BCUT2D eigenvalue weighted by molar-refractivity contribution is 0.0569. The number of aliphatic hydroxyl groups is 1. The van der Waals surface area contributed by atoms with Gasteiger partial charge in [0.25, 0.3) is 0 Å². The van der Waals surface area contributed by atoms with Crippen molar-refractivity contribution in [2.75, 3.05) is 39.3 Å². The number of nitrogens with zero attached hydrogens (tertiary/aromatic N) is 2. The first-order valence-electron chi connectivity index (χ1n) is 11.2. The van der Waals surface area contributed by atoms with Crippen LogP contribution in [0.25, 0.3) is 11.1 Å². The molecule has 33 heavy (non-hydrogen) atoms. The zero-order valence-electron chi connectivity index (χ0n) is 18.6. The molecule has 1 saturated heterocycles. The molecular weight excluding hydrogens is 436 g/mol. The van der Waals surface area contributed by atoms with Gasteiger partial charge in [0.15, 0.2) is 0 Å². The van der Waals surface area contributed by atoms with Crippen LogP contribution in [0.1, 0.15) is 5.56 Å². The highest BCUT2D eigenvalue weighted by molar-refractivity contribution is 7.88. The molecule has 0 aromatic heterocycles. The minimum Gasteiger partial charge on any atom is -0.491 e. The molecule has 174 valence electrons. The Morgan fingerprint density at radius 1 is 0.788 bits per heavy atom. The molecule has 0 amide bonds. The molecular formula is C26H30N2O4S. The number of rotatable bonds is 9. The maximum Gasteiger partial charge on any atom is 0.218 e. The van der Waals surface area contributed by atoms with Crippen molar-refractivity contribution in [2.45, 2.75) is 11.9 Å². The van der Waals surface area contributed by atoms with Crippen molar-refractivity contribution in [3.63, 3.8) is 0 Å². The van der Waals surface area contributed by atoms with Crippen LogP contribution in [0.4, 0.5) is 0 Å². The van der Waals surface area contributed by atoms with Gasteiger partial charge in [0.05, 0.1) is 5.75 Å². The van der Waals surface area contributed by atoms with E-state index in [0.717, 1.165) is 16.7 Å². The molecule has 3 aromatic carbocycles. The second kappa shape index (κ2) is 10.9. The third kappa shape index (κ3) is 6.65. The molecule has 1 aliphatic heterocycles. The normalized spacial score (nSPS) is 16.4. The maximum atomic E-state index is 12.7. The predicted molar refractivity (Wildman–Crippen MR) is 130 cm³/mol.